The molecular formula is C13H22N2O. The summed E-state index contributed by atoms with van der Waals surface area (Å²) in [7, 11) is 0. The third-order valence-corrected chi connectivity index (χ3v) is 2.84. The number of hydrogen-bond acceptors (Lipinski definition) is 2. The fourth-order valence-corrected chi connectivity index (χ4v) is 1.82. The van der Waals surface area contributed by atoms with Crippen LogP contribution in [-0.2, 0) is 6.54 Å². The van der Waals surface area contributed by atoms with E-state index in [4.69, 9.17) is 0 Å². The second-order valence-electron chi connectivity index (χ2n) is 4.35. The number of rotatable bonds is 8. The molecule has 0 atom stereocenters. The third-order valence-electron chi connectivity index (χ3n) is 2.84. The molecule has 0 N–H and O–H groups in total. The zero-order valence-corrected chi connectivity index (χ0v) is 10.4. The first-order valence-corrected chi connectivity index (χ1v) is 6.27. The Balaban J connectivity index is 2.19. The molecule has 0 aliphatic carbocycles. The Bertz CT molecular complexity index is 318. The number of aromatic nitrogens is 2. The van der Waals surface area contributed by atoms with E-state index < -0.39 is 0 Å². The van der Waals surface area contributed by atoms with Crippen molar-refractivity contribution >= 4 is 6.29 Å². The zero-order chi connectivity index (χ0) is 11.8. The topological polar surface area (TPSA) is 34.9 Å². The lowest BCUT2D eigenvalue weighted by atomic mass is 10.1. The molecule has 1 aromatic heterocycles. The van der Waals surface area contributed by atoms with E-state index in [2.05, 4.69) is 12.0 Å². The van der Waals surface area contributed by atoms with Crippen LogP contribution in [0.25, 0.3) is 0 Å². The highest BCUT2D eigenvalue weighted by molar-refractivity contribution is 5.73. The lowest BCUT2D eigenvalue weighted by Gasteiger charge is -2.01. The smallest absolute Gasteiger partial charge is 0.170 e. The van der Waals surface area contributed by atoms with E-state index in [0.717, 1.165) is 24.8 Å². The molecule has 0 aliphatic rings. The molecule has 0 aliphatic heterocycles. The van der Waals surface area contributed by atoms with Crippen LogP contribution < -0.4 is 0 Å². The van der Waals surface area contributed by atoms with Crippen molar-refractivity contribution in [1.29, 1.82) is 0 Å². The molecular weight excluding hydrogens is 200 g/mol. The van der Waals surface area contributed by atoms with E-state index in [9.17, 15) is 4.79 Å². The van der Waals surface area contributed by atoms with E-state index in [1.54, 1.807) is 0 Å². The number of hydrogen-bond donors (Lipinski definition) is 0. The van der Waals surface area contributed by atoms with Crippen LogP contribution in [0.3, 0.4) is 0 Å². The molecule has 0 spiro atoms. The van der Waals surface area contributed by atoms with Crippen molar-refractivity contribution in [3.63, 3.8) is 0 Å². The van der Waals surface area contributed by atoms with Crippen LogP contribution in [0, 0.1) is 6.92 Å². The monoisotopic (exact) mass is 222 g/mol. The van der Waals surface area contributed by atoms with Crippen LogP contribution in [0.1, 0.15) is 61.5 Å². The van der Waals surface area contributed by atoms with Crippen LogP contribution in [0.2, 0.25) is 0 Å². The first-order chi connectivity index (χ1) is 7.77. The Labute approximate surface area is 97.8 Å². The molecule has 0 bridgehead atoms. The molecule has 90 valence electrons. The Morgan fingerprint density at radius 3 is 2.56 bits per heavy atom. The van der Waals surface area contributed by atoms with Gasteiger partial charge in [0.25, 0.3) is 0 Å². The van der Waals surface area contributed by atoms with Crippen molar-refractivity contribution in [3.05, 3.63) is 17.5 Å². The fraction of sp³-hybridized carbons (Fsp3) is 0.692. The molecule has 1 rings (SSSR count). The highest BCUT2D eigenvalue weighted by atomic mass is 16.1. The van der Waals surface area contributed by atoms with Crippen LogP contribution in [-0.4, -0.2) is 16.1 Å². The van der Waals surface area contributed by atoms with Gasteiger partial charge in [-0.2, -0.15) is 5.10 Å². The summed E-state index contributed by atoms with van der Waals surface area (Å²) in [4.78, 5) is 10.6. The maximum Gasteiger partial charge on any atom is 0.170 e. The van der Waals surface area contributed by atoms with Gasteiger partial charge in [-0.1, -0.05) is 39.0 Å². The van der Waals surface area contributed by atoms with Crippen molar-refractivity contribution in [3.8, 4) is 0 Å². The largest absolute Gasteiger partial charge is 0.296 e. The molecule has 3 nitrogen and oxygen atoms in total. The molecule has 1 aromatic rings. The molecule has 0 saturated carbocycles. The summed E-state index contributed by atoms with van der Waals surface area (Å²) < 4.78 is 1.89. The molecule has 0 aromatic carbocycles. The van der Waals surface area contributed by atoms with Crippen molar-refractivity contribution < 1.29 is 4.79 Å². The maximum absolute atomic E-state index is 10.6. The zero-order valence-electron chi connectivity index (χ0n) is 10.4. The van der Waals surface area contributed by atoms with Gasteiger partial charge in [0, 0.05) is 12.7 Å². The van der Waals surface area contributed by atoms with Crippen LogP contribution in [0.15, 0.2) is 6.20 Å². The summed E-state index contributed by atoms with van der Waals surface area (Å²) in [6.45, 7) is 5.09. The second-order valence-corrected chi connectivity index (χ2v) is 4.35. The SMILES string of the molecule is CCCCCCCCn1cc(C)c(C=O)n1. The molecule has 16 heavy (non-hydrogen) atoms. The van der Waals surface area contributed by atoms with Gasteiger partial charge >= 0.3 is 0 Å². The first kappa shape index (κ1) is 12.9. The van der Waals surface area contributed by atoms with Gasteiger partial charge < -0.3 is 0 Å². The average molecular weight is 222 g/mol. The summed E-state index contributed by atoms with van der Waals surface area (Å²) >= 11 is 0. The lowest BCUT2D eigenvalue weighted by molar-refractivity contribution is 0.111. The van der Waals surface area contributed by atoms with Gasteiger partial charge in [0.05, 0.1) is 0 Å². The van der Waals surface area contributed by atoms with Crippen LogP contribution in [0.5, 0.6) is 0 Å². The van der Waals surface area contributed by atoms with Gasteiger partial charge in [0.1, 0.15) is 5.69 Å². The second kappa shape index (κ2) is 7.20. The number of unbranched alkanes of at least 4 members (excludes halogenated alkanes) is 5. The van der Waals surface area contributed by atoms with Gasteiger partial charge in [-0.3, -0.25) is 9.48 Å². The normalized spacial score (nSPS) is 10.6. The van der Waals surface area contributed by atoms with E-state index in [1.165, 1.54) is 32.1 Å². The fourth-order valence-electron chi connectivity index (χ4n) is 1.82. The molecule has 0 fully saturated rings. The number of nitrogens with zero attached hydrogens (tertiary/aromatic N) is 2. The molecule has 0 saturated heterocycles. The molecule has 0 unspecified atom stereocenters. The van der Waals surface area contributed by atoms with Crippen molar-refractivity contribution in [2.45, 2.75) is 58.9 Å². The van der Waals surface area contributed by atoms with Gasteiger partial charge in [0.15, 0.2) is 6.29 Å². The quantitative estimate of drug-likeness (QED) is 0.499. The Hall–Kier alpha value is -1.12. The number of aldehydes is 1. The average Bonchev–Trinajstić information content (AvgIpc) is 2.64. The minimum atomic E-state index is 0.575. The van der Waals surface area contributed by atoms with E-state index in [0.29, 0.717) is 5.69 Å². The van der Waals surface area contributed by atoms with E-state index >= 15 is 0 Å². The third kappa shape index (κ3) is 4.17. The Morgan fingerprint density at radius 2 is 1.94 bits per heavy atom. The standard InChI is InChI=1S/C13H22N2O/c1-3-4-5-6-7-8-9-15-10-12(2)13(11-16)14-15/h10-11H,3-9H2,1-2H3. The van der Waals surface area contributed by atoms with Crippen molar-refractivity contribution in [1.82, 2.24) is 9.78 Å². The summed E-state index contributed by atoms with van der Waals surface area (Å²) in [5.41, 5.74) is 1.55. The minimum absolute atomic E-state index is 0.575. The number of carbonyl (C=O) groups excluding carboxylic acids is 1. The summed E-state index contributed by atoms with van der Waals surface area (Å²) in [5, 5.41) is 4.21. The van der Waals surface area contributed by atoms with Gasteiger partial charge in [-0.15, -0.1) is 0 Å². The van der Waals surface area contributed by atoms with Gasteiger partial charge in [-0.05, 0) is 18.9 Å². The van der Waals surface area contributed by atoms with Crippen LogP contribution in [0.4, 0.5) is 0 Å². The van der Waals surface area contributed by atoms with Crippen molar-refractivity contribution in [2.75, 3.05) is 0 Å². The number of carbonyl (C=O) groups is 1. The minimum Gasteiger partial charge on any atom is -0.296 e. The predicted octanol–water partition coefficient (Wildman–Crippen LogP) is 3.36. The van der Waals surface area contributed by atoms with Crippen molar-refractivity contribution in [2.24, 2.45) is 0 Å². The molecule has 0 radical (unpaired) electrons. The Kier molecular flexibility index (Phi) is 5.83. The van der Waals surface area contributed by atoms with Crippen LogP contribution >= 0.6 is 0 Å². The molecule has 1 heterocycles. The molecule has 3 heteroatoms. The highest BCUT2D eigenvalue weighted by Gasteiger charge is 2.02. The maximum atomic E-state index is 10.6. The summed E-state index contributed by atoms with van der Waals surface area (Å²) in [6.07, 6.45) is 10.5. The Morgan fingerprint density at radius 1 is 1.25 bits per heavy atom. The van der Waals surface area contributed by atoms with E-state index in [1.807, 2.05) is 17.8 Å². The summed E-state index contributed by atoms with van der Waals surface area (Å²) in [5.74, 6) is 0. The summed E-state index contributed by atoms with van der Waals surface area (Å²) in [6, 6.07) is 0. The van der Waals surface area contributed by atoms with Gasteiger partial charge in [0.2, 0.25) is 0 Å². The van der Waals surface area contributed by atoms with E-state index in [-0.39, 0.29) is 0 Å². The lowest BCUT2D eigenvalue weighted by Crippen LogP contribution is -1.99. The van der Waals surface area contributed by atoms with Gasteiger partial charge in [-0.25, -0.2) is 0 Å². The highest BCUT2D eigenvalue weighted by Crippen LogP contribution is 2.07. The molecule has 0 amide bonds. The first-order valence-electron chi connectivity index (χ1n) is 6.27. The predicted molar refractivity (Wildman–Crippen MR) is 65.7 cm³/mol. The number of aryl methyl sites for hydroxylation is 2.